The van der Waals surface area contributed by atoms with E-state index in [1.54, 1.807) is 0 Å². The molecule has 0 radical (unpaired) electrons. The molecule has 1 heterocycles. The standard InChI is InChI=1S/C61H51NO/c1-4-16-40(17-5-1)43-28-32-49-50-33-29-44(41-18-6-2-7-19-41)37-56(50)61(55(49)36-43)54-25-13-10-23-48(54)51-34-30-45(38-57(51)61)62(58-26-14-11-22-47(58)42-20-8-3-9-21-42)46-31-35-53-52-24-12-15-27-59(52)63-60(53)39-46/h3,8-15,20-41H,1-2,4-7,16-19H2/i40D,41D. The predicted octanol–water partition coefficient (Wildman–Crippen LogP) is 17.2. The van der Waals surface area contributed by atoms with Gasteiger partial charge in [-0.3, -0.25) is 0 Å². The summed E-state index contributed by atoms with van der Waals surface area (Å²) in [6.45, 7) is 0. The van der Waals surface area contributed by atoms with Crippen molar-refractivity contribution in [1.82, 2.24) is 0 Å². The molecule has 4 aliphatic rings. The maximum absolute atomic E-state index is 9.95. The number of rotatable bonds is 6. The highest BCUT2D eigenvalue weighted by Crippen LogP contribution is 2.64. The van der Waals surface area contributed by atoms with Crippen LogP contribution in [0.3, 0.4) is 0 Å². The first-order chi connectivity index (χ1) is 31.9. The van der Waals surface area contributed by atoms with Gasteiger partial charge in [0, 0.05) is 36.5 Å². The summed E-state index contributed by atoms with van der Waals surface area (Å²) in [5.41, 5.74) is 18.9. The van der Waals surface area contributed by atoms with Crippen molar-refractivity contribution in [3.05, 3.63) is 209 Å². The van der Waals surface area contributed by atoms with Gasteiger partial charge in [-0.05, 0) is 135 Å². The predicted molar refractivity (Wildman–Crippen MR) is 262 cm³/mol. The second-order valence-electron chi connectivity index (χ2n) is 18.4. The number of furan rings is 1. The van der Waals surface area contributed by atoms with Crippen LogP contribution in [0.15, 0.2) is 180 Å². The Bertz CT molecular complexity index is 3260. The van der Waals surface area contributed by atoms with Crippen molar-refractivity contribution in [2.45, 2.75) is 81.4 Å². The SMILES string of the molecule is [2H]C1(c2ccc3c(c2)C2(c4ccccc4-c4ccc(N(c5ccc6c(c5)oc5ccccc56)c5ccccc5-c5ccccc5)cc42)c2cc(C4([2H])CCCCC4)ccc2-3)CCCCC1. The second kappa shape index (κ2) is 14.7. The van der Waals surface area contributed by atoms with Gasteiger partial charge in [0.05, 0.1) is 11.1 Å². The fourth-order valence-corrected chi connectivity index (χ4v) is 12.1. The third-order valence-electron chi connectivity index (χ3n) is 15.0. The Labute approximate surface area is 373 Å². The Morgan fingerprint density at radius 3 is 1.65 bits per heavy atom. The summed E-state index contributed by atoms with van der Waals surface area (Å²) in [7, 11) is 0. The van der Waals surface area contributed by atoms with Gasteiger partial charge in [-0.1, -0.05) is 172 Å². The fourth-order valence-electron chi connectivity index (χ4n) is 12.1. The molecular formula is C61H51NO. The van der Waals surface area contributed by atoms with Crippen molar-refractivity contribution in [1.29, 1.82) is 0 Å². The van der Waals surface area contributed by atoms with Crippen LogP contribution in [0.5, 0.6) is 0 Å². The van der Waals surface area contributed by atoms with E-state index in [4.69, 9.17) is 4.42 Å². The lowest BCUT2D eigenvalue weighted by atomic mass is 9.69. The third kappa shape index (κ3) is 5.70. The molecule has 63 heavy (non-hydrogen) atoms. The summed E-state index contributed by atoms with van der Waals surface area (Å²) in [6, 6.07) is 64.8. The molecule has 2 fully saturated rings. The Morgan fingerprint density at radius 1 is 0.413 bits per heavy atom. The first kappa shape index (κ1) is 34.9. The molecule has 0 bridgehead atoms. The van der Waals surface area contributed by atoms with Crippen molar-refractivity contribution < 1.29 is 7.16 Å². The maximum Gasteiger partial charge on any atom is 0.137 e. The summed E-state index contributed by atoms with van der Waals surface area (Å²) >= 11 is 0. The lowest BCUT2D eigenvalue weighted by Crippen LogP contribution is -2.27. The molecule has 0 N–H and O–H groups in total. The number of fused-ring (bicyclic) bond motifs is 13. The second-order valence-corrected chi connectivity index (χ2v) is 18.4. The van der Waals surface area contributed by atoms with E-state index in [1.165, 1.54) is 57.3 Å². The van der Waals surface area contributed by atoms with Crippen LogP contribution >= 0.6 is 0 Å². The van der Waals surface area contributed by atoms with Crippen molar-refractivity contribution in [2.75, 3.05) is 4.90 Å². The topological polar surface area (TPSA) is 16.4 Å². The van der Waals surface area contributed by atoms with E-state index >= 15 is 0 Å². The summed E-state index contributed by atoms with van der Waals surface area (Å²) < 4.78 is 26.5. The highest BCUT2D eigenvalue weighted by atomic mass is 16.3. The van der Waals surface area contributed by atoms with Gasteiger partial charge >= 0.3 is 0 Å². The number of hydrogen-bond acceptors (Lipinski definition) is 2. The molecule has 306 valence electrons. The minimum atomic E-state index is -0.651. The molecule has 0 amide bonds. The van der Waals surface area contributed by atoms with Crippen LogP contribution in [0.1, 0.15) is 112 Å². The van der Waals surface area contributed by atoms with E-state index in [-0.39, 0.29) is 0 Å². The lowest BCUT2D eigenvalue weighted by molar-refractivity contribution is 0.443. The molecule has 2 nitrogen and oxygen atoms in total. The molecule has 0 atom stereocenters. The van der Waals surface area contributed by atoms with E-state index in [0.717, 1.165) is 113 Å². The monoisotopic (exact) mass is 815 g/mol. The van der Waals surface area contributed by atoms with Gasteiger partial charge in [0.2, 0.25) is 0 Å². The van der Waals surface area contributed by atoms with Gasteiger partial charge in [0.25, 0.3) is 0 Å². The number of hydrogen-bond donors (Lipinski definition) is 0. The van der Waals surface area contributed by atoms with Crippen LogP contribution in [-0.2, 0) is 5.41 Å². The minimum absolute atomic E-state index is 0.613. The number of anilines is 3. The van der Waals surface area contributed by atoms with E-state index in [1.807, 2.05) is 6.07 Å². The van der Waals surface area contributed by atoms with Gasteiger partial charge in [0.1, 0.15) is 11.2 Å². The van der Waals surface area contributed by atoms with Crippen LogP contribution in [-0.4, -0.2) is 0 Å². The summed E-state index contributed by atoms with van der Waals surface area (Å²) in [6.07, 6.45) is 10.3. The average molecular weight is 816 g/mol. The number of para-hydroxylation sites is 2. The zero-order valence-electron chi connectivity index (χ0n) is 37.7. The summed E-state index contributed by atoms with van der Waals surface area (Å²) in [5, 5.41) is 2.22. The molecule has 8 aromatic carbocycles. The Morgan fingerprint density at radius 2 is 0.937 bits per heavy atom. The Kier molecular flexibility index (Phi) is 8.16. The Balaban J connectivity index is 1.09. The summed E-state index contributed by atoms with van der Waals surface area (Å²) in [5.74, 6) is -1.23. The zero-order chi connectivity index (χ0) is 43.3. The van der Waals surface area contributed by atoms with E-state index in [2.05, 4.69) is 175 Å². The molecule has 2 heteroatoms. The van der Waals surface area contributed by atoms with Gasteiger partial charge in [0.15, 0.2) is 0 Å². The Hall–Kier alpha value is -6.64. The van der Waals surface area contributed by atoms with Crippen LogP contribution < -0.4 is 4.90 Å². The fraction of sp³-hybridized carbons (Fsp3) is 0.213. The first-order valence-corrected chi connectivity index (χ1v) is 23.3. The number of nitrogens with zero attached hydrogens (tertiary/aromatic N) is 1. The van der Waals surface area contributed by atoms with Crippen molar-refractivity contribution in [3.8, 4) is 33.4 Å². The van der Waals surface area contributed by atoms with Gasteiger partial charge in [-0.2, -0.15) is 0 Å². The summed E-state index contributed by atoms with van der Waals surface area (Å²) in [4.78, 5) is 2.43. The van der Waals surface area contributed by atoms with Crippen LogP contribution in [0.2, 0.25) is 0 Å². The van der Waals surface area contributed by atoms with Crippen molar-refractivity contribution >= 4 is 39.0 Å². The normalized spacial score (nSPS) is 18.0. The zero-order valence-corrected chi connectivity index (χ0v) is 35.7. The van der Waals surface area contributed by atoms with Gasteiger partial charge < -0.3 is 9.32 Å². The van der Waals surface area contributed by atoms with Crippen LogP contribution in [0.25, 0.3) is 55.3 Å². The van der Waals surface area contributed by atoms with E-state index in [9.17, 15) is 2.74 Å². The molecule has 1 spiro atoms. The van der Waals surface area contributed by atoms with Crippen molar-refractivity contribution in [2.24, 2.45) is 0 Å². The van der Waals surface area contributed by atoms with Crippen LogP contribution in [0.4, 0.5) is 17.1 Å². The maximum atomic E-state index is 9.95. The largest absolute Gasteiger partial charge is 0.456 e. The molecule has 9 aromatic rings. The molecule has 4 aliphatic carbocycles. The molecule has 2 saturated carbocycles. The third-order valence-corrected chi connectivity index (χ3v) is 15.0. The van der Waals surface area contributed by atoms with Crippen LogP contribution in [0, 0.1) is 0 Å². The van der Waals surface area contributed by atoms with E-state index < -0.39 is 17.2 Å². The van der Waals surface area contributed by atoms with Crippen molar-refractivity contribution in [3.63, 3.8) is 0 Å². The minimum Gasteiger partial charge on any atom is -0.456 e. The highest BCUT2D eigenvalue weighted by Gasteiger charge is 2.52. The molecule has 13 rings (SSSR count). The molecule has 0 aliphatic heterocycles. The molecule has 0 saturated heterocycles. The molecule has 1 aromatic heterocycles. The number of benzene rings is 8. The quantitative estimate of drug-likeness (QED) is 0.166. The average Bonchev–Trinajstić information content (AvgIpc) is 3.98. The lowest BCUT2D eigenvalue weighted by Gasteiger charge is -2.34. The van der Waals surface area contributed by atoms with Gasteiger partial charge in [-0.15, -0.1) is 0 Å². The van der Waals surface area contributed by atoms with Gasteiger partial charge in [-0.25, -0.2) is 0 Å². The van der Waals surface area contributed by atoms with E-state index in [0.29, 0.717) is 0 Å². The highest BCUT2D eigenvalue weighted by molar-refractivity contribution is 6.06. The smallest absolute Gasteiger partial charge is 0.137 e. The molecular weight excluding hydrogens is 763 g/mol. The first-order valence-electron chi connectivity index (χ1n) is 24.3. The molecule has 0 unspecified atom stereocenters.